The first-order chi connectivity index (χ1) is 24.8. The summed E-state index contributed by atoms with van der Waals surface area (Å²) in [5.41, 5.74) is 8.81. The van der Waals surface area contributed by atoms with Gasteiger partial charge in [0, 0.05) is 42.1 Å². The normalized spacial score (nSPS) is 11.6. The number of fused-ring (bicyclic) bond motifs is 7. The van der Waals surface area contributed by atoms with E-state index in [1.165, 1.54) is 53.2 Å². The van der Waals surface area contributed by atoms with Gasteiger partial charge in [0.05, 0.1) is 11.0 Å². The molecule has 3 heterocycles. The predicted octanol–water partition coefficient (Wildman–Crippen LogP) is 12.0. The summed E-state index contributed by atoms with van der Waals surface area (Å²) in [6.45, 7) is 0. The Morgan fingerprint density at radius 3 is 1.46 bits per heavy atom. The predicted molar refractivity (Wildman–Crippen MR) is 209 cm³/mol. The van der Waals surface area contributed by atoms with Crippen LogP contribution >= 0.6 is 11.3 Å². The van der Waals surface area contributed by atoms with E-state index in [-0.39, 0.29) is 0 Å². The molecule has 0 unspecified atom stereocenters. The van der Waals surface area contributed by atoms with E-state index in [2.05, 4.69) is 138 Å². The van der Waals surface area contributed by atoms with E-state index in [0.29, 0.717) is 17.6 Å². The van der Waals surface area contributed by atoms with Crippen molar-refractivity contribution in [3.05, 3.63) is 170 Å². The Bertz CT molecular complexity index is 2780. The highest BCUT2D eigenvalue weighted by Crippen LogP contribution is 2.45. The summed E-state index contributed by atoms with van der Waals surface area (Å²) in [7, 11) is 0. The number of rotatable bonds is 5. The van der Waals surface area contributed by atoms with Gasteiger partial charge in [0.15, 0.2) is 11.6 Å². The van der Waals surface area contributed by atoms with E-state index in [4.69, 9.17) is 15.0 Å². The van der Waals surface area contributed by atoms with Crippen molar-refractivity contribution in [3.63, 3.8) is 0 Å². The van der Waals surface area contributed by atoms with Crippen LogP contribution in [0, 0.1) is 0 Å². The third kappa shape index (κ3) is 4.71. The monoisotopic (exact) mass is 656 g/mol. The number of hydrogen-bond acceptors (Lipinski definition) is 4. The number of benzene rings is 7. The Balaban J connectivity index is 1.29. The van der Waals surface area contributed by atoms with Gasteiger partial charge in [-0.25, -0.2) is 4.98 Å². The van der Waals surface area contributed by atoms with Crippen molar-refractivity contribution in [2.75, 3.05) is 0 Å². The molecule has 5 heteroatoms. The molecule has 0 saturated carbocycles. The largest absolute Gasteiger partial charge is 0.278 e. The Morgan fingerprint density at radius 2 is 0.880 bits per heavy atom. The highest BCUT2D eigenvalue weighted by atomic mass is 32.1. The van der Waals surface area contributed by atoms with E-state index < -0.39 is 0 Å². The van der Waals surface area contributed by atoms with Crippen LogP contribution in [0.3, 0.4) is 0 Å². The van der Waals surface area contributed by atoms with Crippen molar-refractivity contribution < 1.29 is 0 Å². The molecular weight excluding hydrogens is 629 g/mol. The van der Waals surface area contributed by atoms with Crippen molar-refractivity contribution in [2.45, 2.75) is 0 Å². The van der Waals surface area contributed by atoms with Gasteiger partial charge in [0.25, 0.3) is 0 Å². The van der Waals surface area contributed by atoms with Crippen LogP contribution in [0.4, 0.5) is 0 Å². The average Bonchev–Trinajstić information content (AvgIpc) is 3.74. The van der Waals surface area contributed by atoms with E-state index in [1.807, 2.05) is 47.7 Å². The summed E-state index contributed by atoms with van der Waals surface area (Å²) in [6.07, 6.45) is 0. The maximum atomic E-state index is 5.16. The standard InChI is InChI=1S/C45H28N4S/c1-5-13-29(14-6-1)33-21-24-38-37(28-33)41-39(25-23-35-36-27-34(30-15-7-2-8-16-30)22-26-40(36)50-42(35)41)49(38)45-47-43(31-17-9-3-10-18-31)46-44(48-45)32-19-11-4-12-20-32/h1-28H. The number of nitrogens with zero attached hydrogens (tertiary/aromatic N) is 4. The zero-order valence-electron chi connectivity index (χ0n) is 26.9. The smallest absolute Gasteiger partial charge is 0.238 e. The van der Waals surface area contributed by atoms with Gasteiger partial charge in [0.2, 0.25) is 5.95 Å². The van der Waals surface area contributed by atoms with E-state index in [0.717, 1.165) is 22.2 Å². The highest BCUT2D eigenvalue weighted by molar-refractivity contribution is 7.26. The fourth-order valence-electron chi connectivity index (χ4n) is 7.07. The van der Waals surface area contributed by atoms with Gasteiger partial charge in [-0.15, -0.1) is 11.3 Å². The fourth-order valence-corrected chi connectivity index (χ4v) is 8.31. The molecule has 0 aliphatic carbocycles. The average molecular weight is 657 g/mol. The fraction of sp³-hybridized carbons (Fsp3) is 0. The van der Waals surface area contributed by atoms with Crippen LogP contribution in [0.5, 0.6) is 0 Å². The molecule has 0 aliphatic heterocycles. The van der Waals surface area contributed by atoms with E-state index in [1.54, 1.807) is 0 Å². The summed E-state index contributed by atoms with van der Waals surface area (Å²) in [5, 5.41) is 4.90. The molecule has 3 aromatic heterocycles. The van der Waals surface area contributed by atoms with Crippen LogP contribution in [0.25, 0.3) is 93.0 Å². The van der Waals surface area contributed by atoms with Gasteiger partial charge in [-0.1, -0.05) is 140 Å². The minimum Gasteiger partial charge on any atom is -0.278 e. The first-order valence-electron chi connectivity index (χ1n) is 16.7. The molecule has 4 nitrogen and oxygen atoms in total. The number of aromatic nitrogens is 4. The molecule has 234 valence electrons. The van der Waals surface area contributed by atoms with E-state index >= 15 is 0 Å². The molecule has 10 aromatic rings. The lowest BCUT2D eigenvalue weighted by atomic mass is 10.0. The highest BCUT2D eigenvalue weighted by Gasteiger charge is 2.21. The molecule has 0 bridgehead atoms. The SMILES string of the molecule is c1ccc(-c2ccc3sc4c(ccc5c4c4cc(-c6ccccc6)ccc4n5-c4nc(-c5ccccc5)nc(-c5ccccc5)n4)c3c2)cc1. The molecule has 7 aromatic carbocycles. The molecule has 0 aliphatic rings. The molecule has 0 saturated heterocycles. The van der Waals surface area contributed by atoms with Gasteiger partial charge < -0.3 is 0 Å². The molecule has 0 amide bonds. The van der Waals surface area contributed by atoms with Crippen LogP contribution in [0.1, 0.15) is 0 Å². The third-order valence-corrected chi connectivity index (χ3v) is 10.7. The summed E-state index contributed by atoms with van der Waals surface area (Å²) in [4.78, 5) is 15.3. The molecular formula is C45H28N4S. The summed E-state index contributed by atoms with van der Waals surface area (Å²) >= 11 is 1.85. The summed E-state index contributed by atoms with van der Waals surface area (Å²) in [6, 6.07) is 59.7. The topological polar surface area (TPSA) is 43.6 Å². The van der Waals surface area contributed by atoms with Crippen LogP contribution in [-0.4, -0.2) is 19.5 Å². The number of thiophene rings is 1. The molecule has 10 rings (SSSR count). The quantitative estimate of drug-likeness (QED) is 0.185. The first kappa shape index (κ1) is 28.6. The Kier molecular flexibility index (Phi) is 6.64. The second-order valence-corrected chi connectivity index (χ2v) is 13.5. The van der Waals surface area contributed by atoms with E-state index in [9.17, 15) is 0 Å². The van der Waals surface area contributed by atoms with Crippen LogP contribution in [-0.2, 0) is 0 Å². The Morgan fingerprint density at radius 1 is 0.380 bits per heavy atom. The third-order valence-electron chi connectivity index (χ3n) is 9.47. The molecule has 0 radical (unpaired) electrons. The van der Waals surface area contributed by atoms with Gasteiger partial charge in [0.1, 0.15) is 0 Å². The van der Waals surface area contributed by atoms with Gasteiger partial charge >= 0.3 is 0 Å². The summed E-state index contributed by atoms with van der Waals surface area (Å²) in [5.74, 6) is 1.88. The van der Waals surface area contributed by atoms with Crippen molar-refractivity contribution in [1.29, 1.82) is 0 Å². The van der Waals surface area contributed by atoms with Crippen molar-refractivity contribution in [3.8, 4) is 51.0 Å². The summed E-state index contributed by atoms with van der Waals surface area (Å²) < 4.78 is 4.75. The molecule has 0 atom stereocenters. The van der Waals surface area contributed by atoms with Crippen LogP contribution in [0.15, 0.2) is 170 Å². The molecule has 50 heavy (non-hydrogen) atoms. The molecule has 0 fully saturated rings. The van der Waals surface area contributed by atoms with Gasteiger partial charge in [-0.2, -0.15) is 9.97 Å². The minimum absolute atomic E-state index is 0.594. The second kappa shape index (κ2) is 11.6. The lowest BCUT2D eigenvalue weighted by Crippen LogP contribution is -2.06. The lowest BCUT2D eigenvalue weighted by Gasteiger charge is -2.11. The maximum absolute atomic E-state index is 5.16. The first-order valence-corrected chi connectivity index (χ1v) is 17.5. The van der Waals surface area contributed by atoms with Crippen LogP contribution in [0.2, 0.25) is 0 Å². The second-order valence-electron chi connectivity index (χ2n) is 12.5. The van der Waals surface area contributed by atoms with Crippen molar-refractivity contribution in [2.24, 2.45) is 0 Å². The maximum Gasteiger partial charge on any atom is 0.238 e. The van der Waals surface area contributed by atoms with Gasteiger partial charge in [-0.3, -0.25) is 4.57 Å². The zero-order chi connectivity index (χ0) is 33.0. The Hall–Kier alpha value is -6.43. The zero-order valence-corrected chi connectivity index (χ0v) is 27.7. The minimum atomic E-state index is 0.594. The molecule has 0 N–H and O–H groups in total. The van der Waals surface area contributed by atoms with Crippen molar-refractivity contribution in [1.82, 2.24) is 19.5 Å². The van der Waals surface area contributed by atoms with Crippen LogP contribution < -0.4 is 0 Å². The molecule has 0 spiro atoms. The van der Waals surface area contributed by atoms with Crippen molar-refractivity contribution >= 4 is 53.3 Å². The van der Waals surface area contributed by atoms with Gasteiger partial charge in [-0.05, 0) is 52.6 Å². The lowest BCUT2D eigenvalue weighted by molar-refractivity contribution is 0.953. The Labute approximate surface area is 292 Å². The number of hydrogen-bond donors (Lipinski definition) is 0.